The Morgan fingerprint density at radius 3 is 2.22 bits per heavy atom. The first kappa shape index (κ1) is 25.0. The molecule has 0 radical (unpaired) electrons. The molecule has 0 aliphatic carbocycles. The average molecular weight is 485 g/mol. The van der Waals surface area contributed by atoms with Crippen LogP contribution in [-0.4, -0.2) is 54.2 Å². The molecule has 0 unspecified atom stereocenters. The number of likely N-dealkylation sites (tertiary alicyclic amines) is 1. The Morgan fingerprint density at radius 1 is 0.806 bits per heavy atom. The van der Waals surface area contributed by atoms with Crippen molar-refractivity contribution in [2.24, 2.45) is 0 Å². The second kappa shape index (κ2) is 12.0. The summed E-state index contributed by atoms with van der Waals surface area (Å²) in [4.78, 5) is 41.7. The topological polar surface area (TPSA) is 81.8 Å². The van der Waals surface area contributed by atoms with Crippen LogP contribution < -0.4 is 10.6 Å². The Hall–Kier alpha value is -4.13. The fourth-order valence-electron chi connectivity index (χ4n) is 4.31. The van der Waals surface area contributed by atoms with Gasteiger partial charge in [0.15, 0.2) is 0 Å². The Labute approximate surface area is 212 Å². The lowest BCUT2D eigenvalue weighted by atomic mass is 10.1. The standard InChI is InChI=1S/C29H32N4O3/c1-32(21-22-10-4-2-5-11-22)28(35)23-12-9-15-26(19-23)31-27(34)20-30-25-14-8-13-24(18-25)29(36)33-16-6-3-7-17-33/h2,4-5,8-15,18-19,30H,3,6-7,16-17,20-21H2,1H3,(H,31,34). The lowest BCUT2D eigenvalue weighted by molar-refractivity contribution is -0.114. The van der Waals surface area contributed by atoms with E-state index >= 15 is 0 Å². The molecule has 0 bridgehead atoms. The third-order valence-electron chi connectivity index (χ3n) is 6.21. The van der Waals surface area contributed by atoms with Crippen LogP contribution in [0.3, 0.4) is 0 Å². The number of carbonyl (C=O) groups is 3. The van der Waals surface area contributed by atoms with E-state index in [4.69, 9.17) is 0 Å². The molecule has 1 heterocycles. The van der Waals surface area contributed by atoms with Gasteiger partial charge in [-0.1, -0.05) is 42.5 Å². The van der Waals surface area contributed by atoms with Gasteiger partial charge < -0.3 is 20.4 Å². The van der Waals surface area contributed by atoms with Gasteiger partial charge in [0.05, 0.1) is 6.54 Å². The molecule has 0 atom stereocenters. The van der Waals surface area contributed by atoms with E-state index in [9.17, 15) is 14.4 Å². The summed E-state index contributed by atoms with van der Waals surface area (Å²) in [6, 6.07) is 24.0. The number of amides is 3. The highest BCUT2D eigenvalue weighted by atomic mass is 16.2. The molecule has 3 aromatic rings. The molecule has 0 spiro atoms. The Balaban J connectivity index is 1.31. The van der Waals surface area contributed by atoms with Crippen LogP contribution in [0.25, 0.3) is 0 Å². The molecule has 36 heavy (non-hydrogen) atoms. The van der Waals surface area contributed by atoms with E-state index in [1.807, 2.05) is 47.4 Å². The van der Waals surface area contributed by atoms with Gasteiger partial charge in [0, 0.05) is 49.2 Å². The Kier molecular flexibility index (Phi) is 8.34. The summed E-state index contributed by atoms with van der Waals surface area (Å²) >= 11 is 0. The van der Waals surface area contributed by atoms with Crippen molar-refractivity contribution in [1.29, 1.82) is 0 Å². The number of nitrogens with one attached hydrogen (secondary N) is 2. The third kappa shape index (κ3) is 6.72. The van der Waals surface area contributed by atoms with Crippen LogP contribution in [0.15, 0.2) is 78.9 Å². The number of piperidine rings is 1. The van der Waals surface area contributed by atoms with Crippen LogP contribution in [0.2, 0.25) is 0 Å². The van der Waals surface area contributed by atoms with Gasteiger partial charge in [-0.3, -0.25) is 14.4 Å². The van der Waals surface area contributed by atoms with Crippen molar-refractivity contribution in [3.05, 3.63) is 95.6 Å². The summed E-state index contributed by atoms with van der Waals surface area (Å²) in [5.74, 6) is -0.338. The summed E-state index contributed by atoms with van der Waals surface area (Å²) in [7, 11) is 1.76. The number of nitrogens with zero attached hydrogens (tertiary/aromatic N) is 2. The minimum absolute atomic E-state index is 0.0292. The molecule has 7 heteroatoms. The number of hydrogen-bond donors (Lipinski definition) is 2. The van der Waals surface area contributed by atoms with Crippen LogP contribution in [0.5, 0.6) is 0 Å². The molecule has 2 N–H and O–H groups in total. The van der Waals surface area contributed by atoms with Crippen molar-refractivity contribution >= 4 is 29.1 Å². The summed E-state index contributed by atoms with van der Waals surface area (Å²) in [6.07, 6.45) is 3.25. The van der Waals surface area contributed by atoms with Crippen molar-refractivity contribution in [3.8, 4) is 0 Å². The maximum atomic E-state index is 12.9. The number of carbonyl (C=O) groups excluding carboxylic acids is 3. The molecule has 1 saturated heterocycles. The van der Waals surface area contributed by atoms with Crippen molar-refractivity contribution in [1.82, 2.24) is 9.80 Å². The predicted molar refractivity (Wildman–Crippen MR) is 142 cm³/mol. The summed E-state index contributed by atoms with van der Waals surface area (Å²) in [6.45, 7) is 2.12. The van der Waals surface area contributed by atoms with Gasteiger partial charge in [-0.2, -0.15) is 0 Å². The van der Waals surface area contributed by atoms with E-state index in [1.54, 1.807) is 48.3 Å². The summed E-state index contributed by atoms with van der Waals surface area (Å²) in [5, 5.41) is 5.93. The van der Waals surface area contributed by atoms with Gasteiger partial charge in [-0.15, -0.1) is 0 Å². The predicted octanol–water partition coefficient (Wildman–Crippen LogP) is 4.64. The lowest BCUT2D eigenvalue weighted by Crippen LogP contribution is -2.35. The second-order valence-corrected chi connectivity index (χ2v) is 9.06. The van der Waals surface area contributed by atoms with Gasteiger partial charge in [-0.05, 0) is 61.2 Å². The van der Waals surface area contributed by atoms with Gasteiger partial charge >= 0.3 is 0 Å². The molecule has 4 rings (SSSR count). The highest BCUT2D eigenvalue weighted by Gasteiger charge is 2.18. The number of hydrogen-bond acceptors (Lipinski definition) is 4. The minimum atomic E-state index is -0.245. The Morgan fingerprint density at radius 2 is 1.47 bits per heavy atom. The van der Waals surface area contributed by atoms with Crippen LogP contribution in [-0.2, 0) is 11.3 Å². The summed E-state index contributed by atoms with van der Waals surface area (Å²) in [5.41, 5.74) is 3.43. The van der Waals surface area contributed by atoms with Gasteiger partial charge in [-0.25, -0.2) is 0 Å². The highest BCUT2D eigenvalue weighted by Crippen LogP contribution is 2.17. The zero-order valence-electron chi connectivity index (χ0n) is 20.6. The monoisotopic (exact) mass is 484 g/mol. The van der Waals surface area contributed by atoms with Gasteiger partial charge in [0.1, 0.15) is 0 Å². The maximum absolute atomic E-state index is 12.9. The number of rotatable bonds is 8. The number of anilines is 2. The molecule has 1 aliphatic heterocycles. The van der Waals surface area contributed by atoms with E-state index in [0.717, 1.165) is 31.5 Å². The van der Waals surface area contributed by atoms with Crippen molar-refractivity contribution in [3.63, 3.8) is 0 Å². The maximum Gasteiger partial charge on any atom is 0.253 e. The Bertz CT molecular complexity index is 1210. The van der Waals surface area contributed by atoms with Gasteiger partial charge in [0.25, 0.3) is 11.8 Å². The largest absolute Gasteiger partial charge is 0.376 e. The average Bonchev–Trinajstić information content (AvgIpc) is 2.92. The normalized spacial score (nSPS) is 13.1. The molecule has 186 valence electrons. The van der Waals surface area contributed by atoms with Crippen LogP contribution in [0, 0.1) is 0 Å². The molecule has 1 aliphatic rings. The molecular weight excluding hydrogens is 452 g/mol. The zero-order chi connectivity index (χ0) is 25.3. The van der Waals surface area contributed by atoms with Crippen LogP contribution >= 0.6 is 0 Å². The quantitative estimate of drug-likeness (QED) is 0.488. The molecule has 1 fully saturated rings. The zero-order valence-corrected chi connectivity index (χ0v) is 20.6. The SMILES string of the molecule is CN(Cc1ccccc1)C(=O)c1cccc(NC(=O)CNc2cccc(C(=O)N3CCCCC3)c2)c1. The summed E-state index contributed by atoms with van der Waals surface area (Å²) < 4.78 is 0. The minimum Gasteiger partial charge on any atom is -0.376 e. The van der Waals surface area contributed by atoms with E-state index in [2.05, 4.69) is 10.6 Å². The second-order valence-electron chi connectivity index (χ2n) is 9.06. The smallest absolute Gasteiger partial charge is 0.253 e. The first-order valence-electron chi connectivity index (χ1n) is 12.3. The molecule has 0 aromatic heterocycles. The van der Waals surface area contributed by atoms with E-state index in [0.29, 0.717) is 29.0 Å². The fourth-order valence-corrected chi connectivity index (χ4v) is 4.31. The fraction of sp³-hybridized carbons (Fsp3) is 0.276. The molecule has 7 nitrogen and oxygen atoms in total. The van der Waals surface area contributed by atoms with Crippen LogP contribution in [0.4, 0.5) is 11.4 Å². The van der Waals surface area contributed by atoms with Crippen molar-refractivity contribution in [2.45, 2.75) is 25.8 Å². The van der Waals surface area contributed by atoms with Crippen molar-refractivity contribution < 1.29 is 14.4 Å². The lowest BCUT2D eigenvalue weighted by Gasteiger charge is -2.26. The third-order valence-corrected chi connectivity index (χ3v) is 6.21. The highest BCUT2D eigenvalue weighted by molar-refractivity contribution is 5.98. The van der Waals surface area contributed by atoms with E-state index < -0.39 is 0 Å². The molecule has 3 aromatic carbocycles. The number of benzene rings is 3. The first-order chi connectivity index (χ1) is 17.5. The van der Waals surface area contributed by atoms with E-state index in [1.165, 1.54) is 6.42 Å². The van der Waals surface area contributed by atoms with E-state index in [-0.39, 0.29) is 24.3 Å². The molecule has 0 saturated carbocycles. The first-order valence-corrected chi connectivity index (χ1v) is 12.3. The van der Waals surface area contributed by atoms with Crippen molar-refractivity contribution in [2.75, 3.05) is 37.3 Å². The molecule has 3 amide bonds. The molecular formula is C29H32N4O3. The van der Waals surface area contributed by atoms with Crippen LogP contribution in [0.1, 0.15) is 45.5 Å². The van der Waals surface area contributed by atoms with Gasteiger partial charge in [0.2, 0.25) is 5.91 Å².